The van der Waals surface area contributed by atoms with Crippen molar-refractivity contribution in [1.82, 2.24) is 5.32 Å². The predicted molar refractivity (Wildman–Crippen MR) is 269 cm³/mol. The van der Waals surface area contributed by atoms with E-state index in [2.05, 4.69) is 31.3 Å². The van der Waals surface area contributed by atoms with E-state index >= 15 is 0 Å². The minimum atomic E-state index is -0.847. The van der Waals surface area contributed by atoms with E-state index in [-0.39, 0.29) is 18.5 Å². The molecule has 0 radical (unpaired) electrons. The molecule has 0 aliphatic carbocycles. The molecular formula is C56H107NO5. The molecule has 0 saturated heterocycles. The van der Waals surface area contributed by atoms with Gasteiger partial charge in [-0.05, 0) is 57.8 Å². The number of carbonyl (C=O) groups excluding carboxylic acids is 2. The first-order valence-electron chi connectivity index (χ1n) is 27.6. The van der Waals surface area contributed by atoms with Crippen LogP contribution in [0.15, 0.2) is 24.3 Å². The molecule has 0 bridgehead atoms. The van der Waals surface area contributed by atoms with Crippen molar-refractivity contribution >= 4 is 11.9 Å². The molecule has 0 aromatic rings. The number of rotatable bonds is 51. The highest BCUT2D eigenvalue weighted by Crippen LogP contribution is 2.16. The second kappa shape index (κ2) is 52.0. The number of aliphatic hydroxyl groups is 2. The standard InChI is InChI=1S/C56H107NO5/c1-3-5-7-9-11-13-15-17-24-28-32-36-40-44-48-54(59)53(52-58)57-55(60)49-45-41-37-33-29-25-22-20-19-21-23-27-31-35-39-43-47-51-62-56(61)50-46-42-38-34-30-26-18-16-14-12-10-8-6-4-2/h16,18,44,48,53-54,58-59H,3-15,17,19-43,45-47,49-52H2,1-2H3,(H,57,60)/b18-16-,48-44+. The molecular weight excluding hydrogens is 767 g/mol. The van der Waals surface area contributed by atoms with E-state index < -0.39 is 12.1 Å². The topological polar surface area (TPSA) is 95.9 Å². The zero-order valence-corrected chi connectivity index (χ0v) is 41.6. The fraction of sp³-hybridized carbons (Fsp3) is 0.893. The molecule has 0 aliphatic rings. The number of unbranched alkanes of at least 4 members (excludes halogenated alkanes) is 38. The summed E-state index contributed by atoms with van der Waals surface area (Å²) in [4.78, 5) is 24.5. The Labute approximate surface area is 386 Å². The van der Waals surface area contributed by atoms with Crippen LogP contribution in [0.5, 0.6) is 0 Å². The fourth-order valence-electron chi connectivity index (χ4n) is 8.45. The Morgan fingerprint density at radius 2 is 0.758 bits per heavy atom. The van der Waals surface area contributed by atoms with Gasteiger partial charge in [0.2, 0.25) is 5.91 Å². The van der Waals surface area contributed by atoms with Crippen molar-refractivity contribution in [3.8, 4) is 0 Å². The van der Waals surface area contributed by atoms with Crippen molar-refractivity contribution in [2.75, 3.05) is 13.2 Å². The van der Waals surface area contributed by atoms with Gasteiger partial charge in [0.25, 0.3) is 0 Å². The van der Waals surface area contributed by atoms with E-state index in [0.717, 1.165) is 44.9 Å². The predicted octanol–water partition coefficient (Wildman–Crippen LogP) is 16.7. The number of carbonyl (C=O) groups is 2. The highest BCUT2D eigenvalue weighted by Gasteiger charge is 2.18. The Morgan fingerprint density at radius 1 is 0.435 bits per heavy atom. The van der Waals surface area contributed by atoms with E-state index in [1.165, 1.54) is 225 Å². The van der Waals surface area contributed by atoms with Crippen molar-refractivity contribution in [2.24, 2.45) is 0 Å². The summed E-state index contributed by atoms with van der Waals surface area (Å²) in [7, 11) is 0. The van der Waals surface area contributed by atoms with Gasteiger partial charge in [0.05, 0.1) is 25.4 Å². The number of ether oxygens (including phenoxy) is 1. The van der Waals surface area contributed by atoms with Gasteiger partial charge in [-0.15, -0.1) is 0 Å². The fourth-order valence-corrected chi connectivity index (χ4v) is 8.45. The Morgan fingerprint density at radius 3 is 1.15 bits per heavy atom. The number of allylic oxidation sites excluding steroid dienone is 3. The van der Waals surface area contributed by atoms with Crippen LogP contribution in [0.3, 0.4) is 0 Å². The van der Waals surface area contributed by atoms with Crippen molar-refractivity contribution < 1.29 is 24.5 Å². The summed E-state index contributed by atoms with van der Waals surface area (Å²) in [6, 6.07) is -0.631. The van der Waals surface area contributed by atoms with Gasteiger partial charge in [-0.25, -0.2) is 0 Å². The summed E-state index contributed by atoms with van der Waals surface area (Å²) in [6.45, 7) is 4.88. The van der Waals surface area contributed by atoms with Crippen LogP contribution in [-0.4, -0.2) is 47.4 Å². The highest BCUT2D eigenvalue weighted by molar-refractivity contribution is 5.76. The lowest BCUT2D eigenvalue weighted by Crippen LogP contribution is -2.45. The van der Waals surface area contributed by atoms with E-state index in [1.54, 1.807) is 6.08 Å². The van der Waals surface area contributed by atoms with Crippen molar-refractivity contribution in [3.63, 3.8) is 0 Å². The summed E-state index contributed by atoms with van der Waals surface area (Å²) >= 11 is 0. The largest absolute Gasteiger partial charge is 0.466 e. The molecule has 2 atom stereocenters. The third kappa shape index (κ3) is 47.8. The van der Waals surface area contributed by atoms with Crippen LogP contribution < -0.4 is 5.32 Å². The van der Waals surface area contributed by atoms with Gasteiger partial charge in [-0.1, -0.05) is 250 Å². The quantitative estimate of drug-likeness (QED) is 0.0321. The number of nitrogens with one attached hydrogen (secondary N) is 1. The van der Waals surface area contributed by atoms with E-state index in [0.29, 0.717) is 19.4 Å². The second-order valence-electron chi connectivity index (χ2n) is 18.9. The maximum absolute atomic E-state index is 12.4. The number of esters is 1. The Bertz CT molecular complexity index is 966. The van der Waals surface area contributed by atoms with E-state index in [4.69, 9.17) is 4.74 Å². The monoisotopic (exact) mass is 874 g/mol. The van der Waals surface area contributed by atoms with Gasteiger partial charge >= 0.3 is 5.97 Å². The van der Waals surface area contributed by atoms with Crippen LogP contribution in [0, 0.1) is 0 Å². The molecule has 1 amide bonds. The average Bonchev–Trinajstić information content (AvgIpc) is 3.27. The van der Waals surface area contributed by atoms with Crippen molar-refractivity contribution in [3.05, 3.63) is 24.3 Å². The van der Waals surface area contributed by atoms with Crippen LogP contribution in [0.25, 0.3) is 0 Å². The molecule has 0 aliphatic heterocycles. The zero-order valence-electron chi connectivity index (χ0n) is 41.6. The van der Waals surface area contributed by atoms with E-state index in [1.807, 2.05) is 6.08 Å². The lowest BCUT2D eigenvalue weighted by atomic mass is 10.0. The molecule has 0 heterocycles. The maximum atomic E-state index is 12.4. The molecule has 62 heavy (non-hydrogen) atoms. The number of amides is 1. The molecule has 0 fully saturated rings. The van der Waals surface area contributed by atoms with Gasteiger partial charge in [-0.3, -0.25) is 9.59 Å². The lowest BCUT2D eigenvalue weighted by molar-refractivity contribution is -0.143. The Balaban J connectivity index is 3.44. The first kappa shape index (κ1) is 60.3. The van der Waals surface area contributed by atoms with Crippen molar-refractivity contribution in [2.45, 2.75) is 309 Å². The molecule has 366 valence electrons. The van der Waals surface area contributed by atoms with Gasteiger partial charge < -0.3 is 20.3 Å². The summed E-state index contributed by atoms with van der Waals surface area (Å²) in [6.07, 6.45) is 61.8. The van der Waals surface area contributed by atoms with Crippen LogP contribution in [-0.2, 0) is 14.3 Å². The summed E-state index contributed by atoms with van der Waals surface area (Å²) in [5.74, 6) is -0.0771. The smallest absolute Gasteiger partial charge is 0.305 e. The average molecular weight is 874 g/mol. The number of hydrogen-bond donors (Lipinski definition) is 3. The summed E-state index contributed by atoms with van der Waals surface area (Å²) in [5, 5.41) is 23.1. The molecule has 0 saturated carbocycles. The van der Waals surface area contributed by atoms with Crippen molar-refractivity contribution in [1.29, 1.82) is 0 Å². The Kier molecular flexibility index (Phi) is 50.6. The number of hydrogen-bond acceptors (Lipinski definition) is 5. The first-order chi connectivity index (χ1) is 30.5. The van der Waals surface area contributed by atoms with Crippen LogP contribution in [0.4, 0.5) is 0 Å². The zero-order chi connectivity index (χ0) is 45.1. The SMILES string of the molecule is CCCCCCC/C=C\CCCCCCCC(=O)OCCCCCCCCCCCCCCCCCCCC(=O)NC(CO)C(O)/C=C/CCCCCCCCCCCCCC. The molecule has 0 spiro atoms. The van der Waals surface area contributed by atoms with Gasteiger partial charge in [-0.2, -0.15) is 0 Å². The third-order valence-electron chi connectivity index (χ3n) is 12.7. The first-order valence-corrected chi connectivity index (χ1v) is 27.6. The third-order valence-corrected chi connectivity index (χ3v) is 12.7. The van der Waals surface area contributed by atoms with Crippen LogP contribution in [0.2, 0.25) is 0 Å². The van der Waals surface area contributed by atoms with Gasteiger partial charge in [0.15, 0.2) is 0 Å². The maximum Gasteiger partial charge on any atom is 0.305 e. The Hall–Kier alpha value is -1.66. The number of aliphatic hydroxyl groups excluding tert-OH is 2. The molecule has 6 heteroatoms. The molecule has 0 aromatic heterocycles. The molecule has 0 rings (SSSR count). The molecule has 3 N–H and O–H groups in total. The van der Waals surface area contributed by atoms with Crippen LogP contribution >= 0.6 is 0 Å². The summed E-state index contributed by atoms with van der Waals surface area (Å²) in [5.41, 5.74) is 0. The second-order valence-corrected chi connectivity index (χ2v) is 18.9. The van der Waals surface area contributed by atoms with E-state index in [9.17, 15) is 19.8 Å². The van der Waals surface area contributed by atoms with Gasteiger partial charge in [0, 0.05) is 12.8 Å². The van der Waals surface area contributed by atoms with Gasteiger partial charge in [0.1, 0.15) is 0 Å². The molecule has 0 aromatic carbocycles. The molecule has 2 unspecified atom stereocenters. The van der Waals surface area contributed by atoms with Crippen LogP contribution in [0.1, 0.15) is 296 Å². The minimum absolute atomic E-state index is 0.00417. The molecule has 6 nitrogen and oxygen atoms in total. The highest BCUT2D eigenvalue weighted by atomic mass is 16.5. The summed E-state index contributed by atoms with van der Waals surface area (Å²) < 4.78 is 5.47. The lowest BCUT2D eigenvalue weighted by Gasteiger charge is -2.20. The normalized spacial score (nSPS) is 12.8. The minimum Gasteiger partial charge on any atom is -0.466 e.